The van der Waals surface area contributed by atoms with E-state index in [4.69, 9.17) is 0 Å². The number of carbonyl (C=O) groups is 1. The van der Waals surface area contributed by atoms with Gasteiger partial charge in [0.25, 0.3) is 0 Å². The lowest BCUT2D eigenvalue weighted by molar-refractivity contribution is -0.138. The van der Waals surface area contributed by atoms with Crippen molar-refractivity contribution in [1.29, 1.82) is 0 Å². The molecule has 2 nitrogen and oxygen atoms in total. The largest absolute Gasteiger partial charge is 0.341 e. The van der Waals surface area contributed by atoms with Gasteiger partial charge in [-0.05, 0) is 43.9 Å². The molecule has 1 aliphatic heterocycles. The average molecular weight is 302 g/mol. The summed E-state index contributed by atoms with van der Waals surface area (Å²) in [6.07, 6.45) is 5.83. The summed E-state index contributed by atoms with van der Waals surface area (Å²) in [5, 5.41) is 0. The fraction of sp³-hybridized carbons (Fsp3) is 0.929. The summed E-state index contributed by atoms with van der Waals surface area (Å²) >= 11 is 3.70. The molecule has 0 aromatic heterocycles. The second kappa shape index (κ2) is 5.73. The van der Waals surface area contributed by atoms with Crippen molar-refractivity contribution in [2.45, 2.75) is 50.8 Å². The minimum Gasteiger partial charge on any atom is -0.341 e. The number of amides is 1. The van der Waals surface area contributed by atoms with E-state index in [9.17, 15) is 4.79 Å². The second-order valence-electron chi connectivity index (χ2n) is 6.02. The van der Waals surface area contributed by atoms with Crippen molar-refractivity contribution in [3.05, 3.63) is 0 Å². The Hall–Kier alpha value is -0.0500. The van der Waals surface area contributed by atoms with Crippen LogP contribution in [-0.4, -0.2) is 28.7 Å². The van der Waals surface area contributed by atoms with Crippen molar-refractivity contribution in [3.8, 4) is 0 Å². The van der Waals surface area contributed by atoms with Crippen molar-refractivity contribution in [1.82, 2.24) is 4.90 Å². The molecule has 2 aliphatic rings. The molecule has 3 heteroatoms. The van der Waals surface area contributed by atoms with Crippen LogP contribution in [0.5, 0.6) is 0 Å². The van der Waals surface area contributed by atoms with Crippen LogP contribution in [0, 0.1) is 17.8 Å². The smallest absolute Gasteiger partial charge is 0.225 e. The summed E-state index contributed by atoms with van der Waals surface area (Å²) in [5.74, 6) is 2.27. The van der Waals surface area contributed by atoms with Crippen LogP contribution in [0.4, 0.5) is 0 Å². The van der Waals surface area contributed by atoms with Crippen molar-refractivity contribution in [2.24, 2.45) is 17.8 Å². The van der Waals surface area contributed by atoms with Crippen LogP contribution in [0.15, 0.2) is 0 Å². The molecule has 98 valence electrons. The third-order valence-electron chi connectivity index (χ3n) is 4.54. The first-order valence-corrected chi connectivity index (χ1v) is 7.92. The summed E-state index contributed by atoms with van der Waals surface area (Å²) in [7, 11) is 0. The zero-order valence-electron chi connectivity index (χ0n) is 11.0. The molecule has 1 aliphatic carbocycles. The fourth-order valence-corrected chi connectivity index (χ4v) is 3.60. The molecule has 17 heavy (non-hydrogen) atoms. The zero-order chi connectivity index (χ0) is 12.4. The number of likely N-dealkylation sites (tertiary alicyclic amines) is 1. The maximum Gasteiger partial charge on any atom is 0.225 e. The summed E-state index contributed by atoms with van der Waals surface area (Å²) in [4.78, 5) is 15.0. The number of alkyl halides is 1. The van der Waals surface area contributed by atoms with Gasteiger partial charge in [0.15, 0.2) is 0 Å². The van der Waals surface area contributed by atoms with Gasteiger partial charge in [-0.2, -0.15) is 0 Å². The fourth-order valence-electron chi connectivity index (χ4n) is 2.99. The first-order valence-electron chi connectivity index (χ1n) is 7.00. The normalized spacial score (nSPS) is 39.1. The molecule has 1 amide bonds. The van der Waals surface area contributed by atoms with Crippen molar-refractivity contribution < 1.29 is 4.79 Å². The molecule has 1 saturated heterocycles. The van der Waals surface area contributed by atoms with E-state index in [0.29, 0.717) is 22.6 Å². The minimum atomic E-state index is 0.319. The van der Waals surface area contributed by atoms with E-state index in [2.05, 4.69) is 34.7 Å². The third kappa shape index (κ3) is 3.24. The van der Waals surface area contributed by atoms with E-state index in [1.54, 1.807) is 0 Å². The molecule has 0 radical (unpaired) electrons. The van der Waals surface area contributed by atoms with Crippen LogP contribution in [0.1, 0.15) is 46.0 Å². The Morgan fingerprint density at radius 1 is 1.12 bits per heavy atom. The minimum absolute atomic E-state index is 0.319. The molecule has 2 atom stereocenters. The van der Waals surface area contributed by atoms with Crippen LogP contribution in [0.25, 0.3) is 0 Å². The van der Waals surface area contributed by atoms with E-state index in [1.165, 1.54) is 12.8 Å². The maximum absolute atomic E-state index is 12.4. The molecule has 0 bridgehead atoms. The van der Waals surface area contributed by atoms with Gasteiger partial charge in [-0.1, -0.05) is 29.8 Å². The monoisotopic (exact) mass is 301 g/mol. The SMILES string of the molecule is CC1CCC(C(=O)N2CCC(C)C(Br)C2)CC1. The molecule has 0 spiro atoms. The average Bonchev–Trinajstić information content (AvgIpc) is 2.33. The number of hydrogen-bond acceptors (Lipinski definition) is 1. The molecule has 0 aromatic rings. The number of hydrogen-bond donors (Lipinski definition) is 0. The quantitative estimate of drug-likeness (QED) is 0.679. The Morgan fingerprint density at radius 2 is 1.76 bits per heavy atom. The van der Waals surface area contributed by atoms with Crippen molar-refractivity contribution >= 4 is 21.8 Å². The molecular weight excluding hydrogens is 278 g/mol. The zero-order valence-corrected chi connectivity index (χ0v) is 12.6. The van der Waals surface area contributed by atoms with Crippen molar-refractivity contribution in [3.63, 3.8) is 0 Å². The summed E-state index contributed by atoms with van der Waals surface area (Å²) in [6, 6.07) is 0. The topological polar surface area (TPSA) is 20.3 Å². The van der Waals surface area contributed by atoms with Crippen LogP contribution >= 0.6 is 15.9 Å². The molecule has 0 aromatic carbocycles. The molecule has 2 unspecified atom stereocenters. The van der Waals surface area contributed by atoms with E-state index in [1.807, 2.05) is 0 Å². The van der Waals surface area contributed by atoms with E-state index in [-0.39, 0.29) is 0 Å². The Kier molecular flexibility index (Phi) is 4.51. The number of carbonyl (C=O) groups excluding carboxylic acids is 1. The highest BCUT2D eigenvalue weighted by Gasteiger charge is 2.32. The van der Waals surface area contributed by atoms with Gasteiger partial charge < -0.3 is 4.90 Å². The molecule has 0 N–H and O–H groups in total. The summed E-state index contributed by atoms with van der Waals surface area (Å²) in [5.41, 5.74) is 0. The Morgan fingerprint density at radius 3 is 2.35 bits per heavy atom. The maximum atomic E-state index is 12.4. The third-order valence-corrected chi connectivity index (χ3v) is 5.74. The predicted molar refractivity (Wildman–Crippen MR) is 74.2 cm³/mol. The van der Waals surface area contributed by atoms with Crippen LogP contribution in [0.2, 0.25) is 0 Å². The lowest BCUT2D eigenvalue weighted by Gasteiger charge is -2.37. The molecule has 2 rings (SSSR count). The summed E-state index contributed by atoms with van der Waals surface area (Å²) < 4.78 is 0. The van der Waals surface area contributed by atoms with Gasteiger partial charge >= 0.3 is 0 Å². The first-order chi connectivity index (χ1) is 8.08. The second-order valence-corrected chi connectivity index (χ2v) is 7.20. The highest BCUT2D eigenvalue weighted by Crippen LogP contribution is 2.31. The highest BCUT2D eigenvalue weighted by molar-refractivity contribution is 9.09. The molecule has 2 fully saturated rings. The Bertz CT molecular complexity index is 273. The lowest BCUT2D eigenvalue weighted by Crippen LogP contribution is -2.46. The van der Waals surface area contributed by atoms with Gasteiger partial charge in [0.2, 0.25) is 5.91 Å². The predicted octanol–water partition coefficient (Wildman–Crippen LogP) is 3.44. The lowest BCUT2D eigenvalue weighted by atomic mass is 9.82. The number of nitrogens with zero attached hydrogens (tertiary/aromatic N) is 1. The van der Waals surface area contributed by atoms with Crippen LogP contribution < -0.4 is 0 Å². The first kappa shape index (κ1) is 13.4. The van der Waals surface area contributed by atoms with Gasteiger partial charge in [-0.15, -0.1) is 0 Å². The van der Waals surface area contributed by atoms with E-state index in [0.717, 1.165) is 38.3 Å². The molecule has 1 saturated carbocycles. The molecule has 1 heterocycles. The Balaban J connectivity index is 1.87. The Labute approximate surface area is 113 Å². The standard InChI is InChI=1S/C14H24BrNO/c1-10-3-5-12(6-4-10)14(17)16-8-7-11(2)13(15)9-16/h10-13H,3-9H2,1-2H3. The number of halogens is 1. The number of rotatable bonds is 1. The number of piperidine rings is 1. The van der Waals surface area contributed by atoms with Gasteiger partial charge in [0.05, 0.1) is 0 Å². The van der Waals surface area contributed by atoms with Crippen molar-refractivity contribution in [2.75, 3.05) is 13.1 Å². The molecular formula is C14H24BrNO. The van der Waals surface area contributed by atoms with E-state index >= 15 is 0 Å². The summed E-state index contributed by atoms with van der Waals surface area (Å²) in [6.45, 7) is 6.45. The van der Waals surface area contributed by atoms with Gasteiger partial charge in [-0.3, -0.25) is 4.79 Å². The van der Waals surface area contributed by atoms with E-state index < -0.39 is 0 Å². The van der Waals surface area contributed by atoms with Gasteiger partial charge in [0, 0.05) is 23.8 Å². The van der Waals surface area contributed by atoms with Crippen LogP contribution in [0.3, 0.4) is 0 Å². The van der Waals surface area contributed by atoms with Gasteiger partial charge in [0.1, 0.15) is 0 Å². The van der Waals surface area contributed by atoms with Crippen LogP contribution in [-0.2, 0) is 4.79 Å². The van der Waals surface area contributed by atoms with Gasteiger partial charge in [-0.25, -0.2) is 0 Å². The highest BCUT2D eigenvalue weighted by atomic mass is 79.9.